The molecule has 5 nitrogen and oxygen atoms in total. The topological polar surface area (TPSA) is 58.4 Å². The molecule has 0 aliphatic carbocycles. The van der Waals surface area contributed by atoms with Crippen LogP contribution in [0.4, 0.5) is 11.6 Å². The Labute approximate surface area is 136 Å². The van der Waals surface area contributed by atoms with Gasteiger partial charge in [-0.05, 0) is 37.3 Å². The highest BCUT2D eigenvalue weighted by atomic mass is 16.5. The van der Waals surface area contributed by atoms with Gasteiger partial charge in [-0.1, -0.05) is 37.2 Å². The highest BCUT2D eigenvalue weighted by Crippen LogP contribution is 2.33. The number of hydrogen-bond acceptors (Lipinski definition) is 4. The van der Waals surface area contributed by atoms with E-state index < -0.39 is 0 Å². The lowest BCUT2D eigenvalue weighted by atomic mass is 9.89. The lowest BCUT2D eigenvalue weighted by molar-refractivity contribution is -0.115. The third-order valence-electron chi connectivity index (χ3n) is 4.38. The van der Waals surface area contributed by atoms with Crippen LogP contribution in [0, 0.1) is 12.8 Å². The lowest BCUT2D eigenvalue weighted by Crippen LogP contribution is -2.46. The molecule has 1 atom stereocenters. The van der Waals surface area contributed by atoms with Gasteiger partial charge in [-0.3, -0.25) is 10.1 Å². The van der Waals surface area contributed by atoms with Gasteiger partial charge in [-0.15, -0.1) is 0 Å². The summed E-state index contributed by atoms with van der Waals surface area (Å²) in [6.07, 6.45) is 2.14. The summed E-state index contributed by atoms with van der Waals surface area (Å²) in [5, 5.41) is 6.58. The van der Waals surface area contributed by atoms with E-state index in [0.29, 0.717) is 24.4 Å². The van der Waals surface area contributed by atoms with Crippen LogP contribution in [0.15, 0.2) is 34.9 Å². The number of rotatable bonds is 4. The summed E-state index contributed by atoms with van der Waals surface area (Å²) in [5.74, 6) is 0.811. The number of aryl methyl sites for hydroxylation is 2. The van der Waals surface area contributed by atoms with Crippen molar-refractivity contribution >= 4 is 17.5 Å². The zero-order chi connectivity index (χ0) is 16.4. The summed E-state index contributed by atoms with van der Waals surface area (Å²) >= 11 is 0. The van der Waals surface area contributed by atoms with Gasteiger partial charge >= 0.3 is 0 Å². The van der Waals surface area contributed by atoms with E-state index in [1.165, 1.54) is 11.3 Å². The van der Waals surface area contributed by atoms with Crippen molar-refractivity contribution in [3.8, 4) is 0 Å². The van der Waals surface area contributed by atoms with E-state index in [1.807, 2.05) is 13.0 Å². The molecule has 3 rings (SSSR count). The van der Waals surface area contributed by atoms with Crippen molar-refractivity contribution in [3.05, 3.63) is 41.6 Å². The number of aromatic nitrogens is 1. The van der Waals surface area contributed by atoms with Gasteiger partial charge in [0, 0.05) is 17.8 Å². The number of carbonyl (C=O) groups excluding carboxylic acids is 1. The first-order valence-electron chi connectivity index (χ1n) is 8.12. The summed E-state index contributed by atoms with van der Waals surface area (Å²) in [7, 11) is 0. The van der Waals surface area contributed by atoms with Crippen molar-refractivity contribution < 1.29 is 9.32 Å². The third kappa shape index (κ3) is 3.38. The van der Waals surface area contributed by atoms with Crippen LogP contribution in [0.25, 0.3) is 0 Å². The number of hydrogen-bond donors (Lipinski definition) is 1. The Hall–Kier alpha value is -2.30. The Kier molecular flexibility index (Phi) is 4.37. The van der Waals surface area contributed by atoms with E-state index in [2.05, 4.69) is 47.4 Å². The average Bonchev–Trinajstić information content (AvgIpc) is 2.92. The van der Waals surface area contributed by atoms with Crippen LogP contribution in [0.5, 0.6) is 0 Å². The molecule has 23 heavy (non-hydrogen) atoms. The first-order valence-corrected chi connectivity index (χ1v) is 8.12. The number of carbonyl (C=O) groups is 1. The van der Waals surface area contributed by atoms with Gasteiger partial charge in [0.25, 0.3) is 0 Å². The number of anilines is 2. The largest absolute Gasteiger partial charge is 0.359 e. The second kappa shape index (κ2) is 6.44. The summed E-state index contributed by atoms with van der Waals surface area (Å²) in [6.45, 7) is 6.57. The maximum atomic E-state index is 12.4. The van der Waals surface area contributed by atoms with Crippen LogP contribution in [-0.4, -0.2) is 23.7 Å². The Balaban J connectivity index is 1.79. The number of benzene rings is 1. The molecule has 0 fully saturated rings. The maximum Gasteiger partial charge on any atom is 0.246 e. The number of para-hydroxylation sites is 1. The monoisotopic (exact) mass is 313 g/mol. The van der Waals surface area contributed by atoms with Crippen molar-refractivity contribution in [2.45, 2.75) is 39.7 Å². The van der Waals surface area contributed by atoms with E-state index in [0.717, 1.165) is 18.5 Å². The van der Waals surface area contributed by atoms with Gasteiger partial charge in [-0.2, -0.15) is 0 Å². The minimum absolute atomic E-state index is 0.0801. The van der Waals surface area contributed by atoms with Crippen molar-refractivity contribution in [2.24, 2.45) is 5.92 Å². The molecule has 0 saturated heterocycles. The predicted octanol–water partition coefficient (Wildman–Crippen LogP) is 3.40. The molecule has 1 aliphatic rings. The lowest BCUT2D eigenvalue weighted by Gasteiger charge is -2.40. The van der Waals surface area contributed by atoms with Crippen LogP contribution >= 0.6 is 0 Å². The van der Waals surface area contributed by atoms with Crippen LogP contribution in [0.3, 0.4) is 0 Å². The molecule has 0 radical (unpaired) electrons. The van der Waals surface area contributed by atoms with Crippen LogP contribution in [0.2, 0.25) is 0 Å². The van der Waals surface area contributed by atoms with Gasteiger partial charge in [0.1, 0.15) is 0 Å². The number of amides is 1. The number of fused-ring (bicyclic) bond motifs is 1. The zero-order valence-corrected chi connectivity index (χ0v) is 13.9. The van der Waals surface area contributed by atoms with Gasteiger partial charge in [0.15, 0.2) is 0 Å². The van der Waals surface area contributed by atoms with E-state index in [9.17, 15) is 4.79 Å². The van der Waals surface area contributed by atoms with Gasteiger partial charge in [-0.25, -0.2) is 0 Å². The minimum Gasteiger partial charge on any atom is -0.359 e. The molecular weight excluding hydrogens is 290 g/mol. The standard InChI is InChI=1S/C18H23N3O2/c1-12(2)15-9-8-14-6-4-5-7-16(14)21(15)11-17(22)19-18-10-13(3)20-23-18/h4-7,10,12,15H,8-9,11H2,1-3H3,(H,19,22). The SMILES string of the molecule is Cc1cc(NC(=O)CN2c3ccccc3CCC2C(C)C)on1. The zero-order valence-electron chi connectivity index (χ0n) is 13.9. The Morgan fingerprint density at radius 3 is 2.91 bits per heavy atom. The maximum absolute atomic E-state index is 12.4. The summed E-state index contributed by atoms with van der Waals surface area (Å²) < 4.78 is 5.07. The fraction of sp³-hybridized carbons (Fsp3) is 0.444. The Morgan fingerprint density at radius 1 is 1.43 bits per heavy atom. The Morgan fingerprint density at radius 2 is 2.22 bits per heavy atom. The van der Waals surface area contributed by atoms with Crippen molar-refractivity contribution in [1.29, 1.82) is 0 Å². The highest BCUT2D eigenvalue weighted by molar-refractivity contribution is 5.93. The first kappa shape index (κ1) is 15.6. The summed E-state index contributed by atoms with van der Waals surface area (Å²) in [6, 6.07) is 10.4. The van der Waals surface area contributed by atoms with E-state index in [1.54, 1.807) is 6.07 Å². The average molecular weight is 313 g/mol. The van der Waals surface area contributed by atoms with Gasteiger partial charge in [0.05, 0.1) is 12.2 Å². The molecule has 1 aromatic heterocycles. The smallest absolute Gasteiger partial charge is 0.246 e. The van der Waals surface area contributed by atoms with E-state index >= 15 is 0 Å². The molecule has 1 aliphatic heterocycles. The molecule has 1 N–H and O–H groups in total. The second-order valence-corrected chi connectivity index (χ2v) is 6.49. The molecule has 1 unspecified atom stereocenters. The predicted molar refractivity (Wildman–Crippen MR) is 90.6 cm³/mol. The van der Waals surface area contributed by atoms with Crippen molar-refractivity contribution in [3.63, 3.8) is 0 Å². The minimum atomic E-state index is -0.0801. The van der Waals surface area contributed by atoms with Crippen molar-refractivity contribution in [2.75, 3.05) is 16.8 Å². The fourth-order valence-electron chi connectivity index (χ4n) is 3.29. The highest BCUT2D eigenvalue weighted by Gasteiger charge is 2.29. The normalized spacial score (nSPS) is 17.2. The third-order valence-corrected chi connectivity index (χ3v) is 4.38. The molecule has 5 heteroatoms. The molecule has 2 heterocycles. The molecule has 122 valence electrons. The van der Waals surface area contributed by atoms with Crippen LogP contribution in [0.1, 0.15) is 31.5 Å². The fourth-order valence-corrected chi connectivity index (χ4v) is 3.29. The molecule has 0 bridgehead atoms. The van der Waals surface area contributed by atoms with E-state index in [-0.39, 0.29) is 5.91 Å². The molecule has 1 aromatic carbocycles. The number of nitrogens with zero attached hydrogens (tertiary/aromatic N) is 2. The molecule has 0 spiro atoms. The van der Waals surface area contributed by atoms with E-state index in [4.69, 9.17) is 4.52 Å². The van der Waals surface area contributed by atoms with Gasteiger partial charge < -0.3 is 9.42 Å². The van der Waals surface area contributed by atoms with Gasteiger partial charge in [0.2, 0.25) is 11.8 Å². The van der Waals surface area contributed by atoms with Crippen LogP contribution < -0.4 is 10.2 Å². The van der Waals surface area contributed by atoms with Crippen LogP contribution in [-0.2, 0) is 11.2 Å². The quantitative estimate of drug-likeness (QED) is 0.940. The van der Waals surface area contributed by atoms with Crippen molar-refractivity contribution in [1.82, 2.24) is 5.16 Å². The summed E-state index contributed by atoms with van der Waals surface area (Å²) in [4.78, 5) is 14.7. The Bertz CT molecular complexity index is 693. The molecule has 1 amide bonds. The molecule has 0 saturated carbocycles. The summed E-state index contributed by atoms with van der Waals surface area (Å²) in [5.41, 5.74) is 3.23. The second-order valence-electron chi connectivity index (χ2n) is 6.49. The molecular formula is C18H23N3O2. The number of nitrogens with one attached hydrogen (secondary N) is 1. The first-order chi connectivity index (χ1) is 11.0. The molecule has 2 aromatic rings.